The Balaban J connectivity index is 2.16. The van der Waals surface area contributed by atoms with Crippen LogP contribution >= 0.6 is 27.5 Å². The molecule has 0 aliphatic carbocycles. The number of aromatic nitrogens is 2. The van der Waals surface area contributed by atoms with Crippen molar-refractivity contribution >= 4 is 38.6 Å². The first-order valence-electron chi connectivity index (χ1n) is 6.47. The second-order valence-electron chi connectivity index (χ2n) is 4.96. The van der Waals surface area contributed by atoms with Crippen LogP contribution in [0.3, 0.4) is 0 Å². The van der Waals surface area contributed by atoms with E-state index < -0.39 is 0 Å². The van der Waals surface area contributed by atoms with E-state index in [1.165, 1.54) is 11.9 Å². The maximum absolute atomic E-state index is 6.00. The molecule has 0 aliphatic heterocycles. The molecule has 0 saturated heterocycles. The van der Waals surface area contributed by atoms with Gasteiger partial charge in [-0.05, 0) is 51.7 Å². The number of hydrogen-bond donors (Lipinski definition) is 0. The first-order chi connectivity index (χ1) is 9.11. The molecule has 2 rings (SSSR count). The Morgan fingerprint density at radius 3 is 2.79 bits per heavy atom. The molecule has 0 amide bonds. The van der Waals surface area contributed by atoms with Gasteiger partial charge in [-0.2, -0.15) is 0 Å². The average molecular weight is 345 g/mol. The van der Waals surface area contributed by atoms with Crippen LogP contribution in [0.15, 0.2) is 22.7 Å². The van der Waals surface area contributed by atoms with Crippen molar-refractivity contribution in [1.29, 1.82) is 0 Å². The highest BCUT2D eigenvalue weighted by Gasteiger charge is 2.09. The molecular weight excluding hydrogens is 326 g/mol. The third kappa shape index (κ3) is 3.71. The van der Waals surface area contributed by atoms with Gasteiger partial charge >= 0.3 is 0 Å². The van der Waals surface area contributed by atoms with E-state index in [4.69, 9.17) is 11.6 Å². The number of hydrogen-bond acceptors (Lipinski definition) is 2. The first-order valence-corrected chi connectivity index (χ1v) is 7.80. The number of benzene rings is 1. The Kier molecular flexibility index (Phi) is 5.25. The standard InChI is InChI=1S/C14H19BrClN3/c1-18(2)7-3-4-8-19-13-6-5-11(15)9-12(13)17-14(19)10-16/h5-6,9H,3-4,7-8,10H2,1-2H3. The van der Waals surface area contributed by atoms with Gasteiger partial charge in [0.2, 0.25) is 0 Å². The second-order valence-corrected chi connectivity index (χ2v) is 6.14. The quantitative estimate of drug-likeness (QED) is 0.586. The van der Waals surface area contributed by atoms with Gasteiger partial charge in [0.15, 0.2) is 0 Å². The zero-order chi connectivity index (χ0) is 13.8. The molecule has 1 aromatic heterocycles. The number of fused-ring (bicyclic) bond motifs is 1. The van der Waals surface area contributed by atoms with Gasteiger partial charge < -0.3 is 9.47 Å². The molecule has 0 saturated carbocycles. The van der Waals surface area contributed by atoms with Crippen LogP contribution in [-0.2, 0) is 12.4 Å². The van der Waals surface area contributed by atoms with Gasteiger partial charge in [0.05, 0.1) is 16.9 Å². The van der Waals surface area contributed by atoms with Crippen LogP contribution in [0.1, 0.15) is 18.7 Å². The lowest BCUT2D eigenvalue weighted by Gasteiger charge is -2.11. The lowest BCUT2D eigenvalue weighted by molar-refractivity contribution is 0.388. The van der Waals surface area contributed by atoms with E-state index in [2.05, 4.69) is 56.6 Å². The zero-order valence-electron chi connectivity index (χ0n) is 11.4. The van der Waals surface area contributed by atoms with Crippen LogP contribution in [0.25, 0.3) is 11.0 Å². The molecule has 0 fully saturated rings. The molecule has 2 aromatic rings. The molecule has 0 radical (unpaired) electrons. The summed E-state index contributed by atoms with van der Waals surface area (Å²) in [6.45, 7) is 2.10. The third-order valence-electron chi connectivity index (χ3n) is 3.15. The Morgan fingerprint density at radius 1 is 1.32 bits per heavy atom. The summed E-state index contributed by atoms with van der Waals surface area (Å²) in [5.41, 5.74) is 2.18. The fourth-order valence-corrected chi connectivity index (χ4v) is 2.76. The fraction of sp³-hybridized carbons (Fsp3) is 0.500. The molecule has 1 aromatic carbocycles. The summed E-state index contributed by atoms with van der Waals surface area (Å²) in [6, 6.07) is 6.20. The van der Waals surface area contributed by atoms with E-state index in [-0.39, 0.29) is 0 Å². The summed E-state index contributed by atoms with van der Waals surface area (Å²) in [6.07, 6.45) is 2.33. The predicted molar refractivity (Wildman–Crippen MR) is 84.8 cm³/mol. The molecule has 0 unspecified atom stereocenters. The van der Waals surface area contributed by atoms with Crippen LogP contribution in [0.5, 0.6) is 0 Å². The van der Waals surface area contributed by atoms with Crippen molar-refractivity contribution in [2.24, 2.45) is 0 Å². The molecule has 104 valence electrons. The van der Waals surface area contributed by atoms with Gasteiger partial charge in [-0.3, -0.25) is 0 Å². The molecule has 0 bridgehead atoms. The largest absolute Gasteiger partial charge is 0.327 e. The SMILES string of the molecule is CN(C)CCCCn1c(CCl)nc2cc(Br)ccc21. The summed E-state index contributed by atoms with van der Waals surface area (Å²) in [5, 5.41) is 0. The zero-order valence-corrected chi connectivity index (χ0v) is 13.7. The smallest absolute Gasteiger partial charge is 0.124 e. The molecule has 19 heavy (non-hydrogen) atoms. The fourth-order valence-electron chi connectivity index (χ4n) is 2.20. The van der Waals surface area contributed by atoms with Crippen LogP contribution in [0.4, 0.5) is 0 Å². The van der Waals surface area contributed by atoms with Crippen molar-refractivity contribution in [3.05, 3.63) is 28.5 Å². The number of nitrogens with zero attached hydrogens (tertiary/aromatic N) is 3. The summed E-state index contributed by atoms with van der Waals surface area (Å²) in [7, 11) is 4.21. The van der Waals surface area contributed by atoms with Crippen molar-refractivity contribution in [3.8, 4) is 0 Å². The van der Waals surface area contributed by atoms with Crippen molar-refractivity contribution in [2.45, 2.75) is 25.3 Å². The maximum Gasteiger partial charge on any atom is 0.124 e. The first kappa shape index (κ1) is 14.8. The van der Waals surface area contributed by atoms with E-state index in [0.29, 0.717) is 5.88 Å². The summed E-state index contributed by atoms with van der Waals surface area (Å²) >= 11 is 9.48. The molecular formula is C14H19BrClN3. The Bertz CT molecular complexity index is 551. The van der Waals surface area contributed by atoms with Gasteiger partial charge in [-0.1, -0.05) is 15.9 Å². The van der Waals surface area contributed by atoms with Crippen molar-refractivity contribution in [1.82, 2.24) is 14.5 Å². The van der Waals surface area contributed by atoms with Crippen molar-refractivity contribution in [2.75, 3.05) is 20.6 Å². The van der Waals surface area contributed by atoms with Crippen LogP contribution in [0.2, 0.25) is 0 Å². The highest BCUT2D eigenvalue weighted by Crippen LogP contribution is 2.22. The minimum absolute atomic E-state index is 0.458. The van der Waals surface area contributed by atoms with Crippen LogP contribution in [0, 0.1) is 0 Å². The normalized spacial score (nSPS) is 11.6. The van der Waals surface area contributed by atoms with E-state index in [0.717, 1.165) is 35.3 Å². The highest BCUT2D eigenvalue weighted by molar-refractivity contribution is 9.10. The Morgan fingerprint density at radius 2 is 2.11 bits per heavy atom. The van der Waals surface area contributed by atoms with Crippen LogP contribution < -0.4 is 0 Å². The minimum Gasteiger partial charge on any atom is -0.327 e. The van der Waals surface area contributed by atoms with E-state index in [1.807, 2.05) is 6.07 Å². The number of rotatable bonds is 6. The number of halogens is 2. The molecule has 0 spiro atoms. The number of alkyl halides is 1. The summed E-state index contributed by atoms with van der Waals surface area (Å²) in [5.74, 6) is 1.42. The van der Waals surface area contributed by atoms with Gasteiger partial charge in [0, 0.05) is 11.0 Å². The lowest BCUT2D eigenvalue weighted by atomic mass is 10.2. The van der Waals surface area contributed by atoms with Gasteiger partial charge in [0.1, 0.15) is 5.82 Å². The highest BCUT2D eigenvalue weighted by atomic mass is 79.9. The topological polar surface area (TPSA) is 21.1 Å². The van der Waals surface area contributed by atoms with E-state index in [9.17, 15) is 0 Å². The molecule has 0 aliphatic rings. The molecule has 1 heterocycles. The van der Waals surface area contributed by atoms with E-state index in [1.54, 1.807) is 0 Å². The summed E-state index contributed by atoms with van der Waals surface area (Å²) in [4.78, 5) is 6.81. The molecule has 0 atom stereocenters. The second kappa shape index (κ2) is 6.73. The van der Waals surface area contributed by atoms with Gasteiger partial charge in [-0.25, -0.2) is 4.98 Å². The van der Waals surface area contributed by atoms with E-state index >= 15 is 0 Å². The van der Waals surface area contributed by atoms with Gasteiger partial charge in [-0.15, -0.1) is 11.6 Å². The third-order valence-corrected chi connectivity index (χ3v) is 3.88. The van der Waals surface area contributed by atoms with Crippen molar-refractivity contribution < 1.29 is 0 Å². The monoisotopic (exact) mass is 343 g/mol. The number of aryl methyl sites for hydroxylation is 1. The number of imidazole rings is 1. The number of unbranched alkanes of at least 4 members (excludes halogenated alkanes) is 1. The minimum atomic E-state index is 0.458. The predicted octanol–water partition coefficient (Wildman–Crippen LogP) is 3.88. The lowest BCUT2D eigenvalue weighted by Crippen LogP contribution is -2.13. The van der Waals surface area contributed by atoms with Gasteiger partial charge in [0.25, 0.3) is 0 Å². The average Bonchev–Trinajstić information content (AvgIpc) is 2.71. The molecule has 0 N–H and O–H groups in total. The molecule has 5 heteroatoms. The maximum atomic E-state index is 6.00. The van der Waals surface area contributed by atoms with Crippen molar-refractivity contribution in [3.63, 3.8) is 0 Å². The Hall–Kier alpha value is -0.580. The molecule has 3 nitrogen and oxygen atoms in total. The summed E-state index contributed by atoms with van der Waals surface area (Å²) < 4.78 is 3.29. The Labute approximate surface area is 127 Å². The van der Waals surface area contributed by atoms with Crippen LogP contribution in [-0.4, -0.2) is 35.1 Å².